The molecule has 2 N–H and O–H groups in total. The molecule has 0 radical (unpaired) electrons. The average molecular weight is 346 g/mol. The Labute approximate surface area is 122 Å². The number of ether oxygens (including phenoxy) is 1. The van der Waals surface area contributed by atoms with Crippen LogP contribution in [0.5, 0.6) is 11.5 Å². The Morgan fingerprint density at radius 3 is 2.35 bits per heavy atom. The molecule has 20 heavy (non-hydrogen) atoms. The van der Waals surface area contributed by atoms with E-state index in [-0.39, 0.29) is 4.47 Å². The normalized spacial score (nSPS) is 11.4. The van der Waals surface area contributed by atoms with Crippen LogP contribution in [0.2, 0.25) is 0 Å². The standard InChI is InChI=1S/C14H11BrF3NO/c1-8-6-10(3-4-12(8)19)20-13-5-2-9(7-11(13)15)14(16,17)18/h2-7H,19H2,1H3. The maximum atomic E-state index is 12.5. The summed E-state index contributed by atoms with van der Waals surface area (Å²) in [5.41, 5.74) is 6.43. The van der Waals surface area contributed by atoms with Crippen molar-refractivity contribution >= 4 is 21.6 Å². The van der Waals surface area contributed by atoms with E-state index in [9.17, 15) is 13.2 Å². The third-order valence-electron chi connectivity index (χ3n) is 2.73. The minimum absolute atomic E-state index is 0.238. The van der Waals surface area contributed by atoms with Crippen LogP contribution in [-0.4, -0.2) is 0 Å². The molecule has 0 aromatic heterocycles. The van der Waals surface area contributed by atoms with Gasteiger partial charge >= 0.3 is 6.18 Å². The molecule has 0 unspecified atom stereocenters. The third kappa shape index (κ3) is 3.25. The number of alkyl halides is 3. The molecule has 0 fully saturated rings. The Hall–Kier alpha value is -1.69. The summed E-state index contributed by atoms with van der Waals surface area (Å²) in [5, 5.41) is 0. The van der Waals surface area contributed by atoms with E-state index in [2.05, 4.69) is 15.9 Å². The van der Waals surface area contributed by atoms with E-state index >= 15 is 0 Å². The van der Waals surface area contributed by atoms with Gasteiger partial charge < -0.3 is 10.5 Å². The molecular weight excluding hydrogens is 335 g/mol. The zero-order valence-corrected chi connectivity index (χ0v) is 12.0. The number of hydrogen-bond donors (Lipinski definition) is 1. The highest BCUT2D eigenvalue weighted by Gasteiger charge is 2.31. The summed E-state index contributed by atoms with van der Waals surface area (Å²) in [4.78, 5) is 0. The van der Waals surface area contributed by atoms with Crippen molar-refractivity contribution in [1.29, 1.82) is 0 Å². The van der Waals surface area contributed by atoms with Gasteiger partial charge in [-0.1, -0.05) is 0 Å². The second kappa shape index (κ2) is 5.36. The number of anilines is 1. The van der Waals surface area contributed by atoms with Crippen LogP contribution in [0.15, 0.2) is 40.9 Å². The van der Waals surface area contributed by atoms with Crippen molar-refractivity contribution in [2.75, 3.05) is 5.73 Å². The zero-order valence-electron chi connectivity index (χ0n) is 10.5. The highest BCUT2D eigenvalue weighted by molar-refractivity contribution is 9.10. The van der Waals surface area contributed by atoms with Gasteiger partial charge in [0, 0.05) is 5.69 Å². The molecule has 0 aliphatic carbocycles. The Bertz CT molecular complexity index is 641. The lowest BCUT2D eigenvalue weighted by atomic mass is 10.2. The maximum Gasteiger partial charge on any atom is 0.416 e. The second-order valence-electron chi connectivity index (χ2n) is 4.26. The van der Waals surface area contributed by atoms with Gasteiger partial charge in [0.1, 0.15) is 11.5 Å². The lowest BCUT2D eigenvalue weighted by molar-refractivity contribution is -0.137. The molecule has 2 nitrogen and oxygen atoms in total. The molecule has 106 valence electrons. The fourth-order valence-corrected chi connectivity index (χ4v) is 2.06. The van der Waals surface area contributed by atoms with Crippen LogP contribution >= 0.6 is 15.9 Å². The summed E-state index contributed by atoms with van der Waals surface area (Å²) in [6, 6.07) is 8.30. The van der Waals surface area contributed by atoms with E-state index in [1.54, 1.807) is 18.2 Å². The van der Waals surface area contributed by atoms with Crippen molar-refractivity contribution in [2.45, 2.75) is 13.1 Å². The first-order valence-electron chi connectivity index (χ1n) is 5.68. The quantitative estimate of drug-likeness (QED) is 0.763. The van der Waals surface area contributed by atoms with E-state index in [1.165, 1.54) is 6.07 Å². The largest absolute Gasteiger partial charge is 0.456 e. The van der Waals surface area contributed by atoms with Crippen molar-refractivity contribution in [3.8, 4) is 11.5 Å². The molecule has 0 amide bonds. The van der Waals surface area contributed by atoms with Crippen molar-refractivity contribution < 1.29 is 17.9 Å². The van der Waals surface area contributed by atoms with Gasteiger partial charge in [-0.15, -0.1) is 0 Å². The monoisotopic (exact) mass is 345 g/mol. The van der Waals surface area contributed by atoms with Crippen LogP contribution in [0.4, 0.5) is 18.9 Å². The van der Waals surface area contributed by atoms with Crippen LogP contribution in [0.1, 0.15) is 11.1 Å². The number of halogens is 4. The summed E-state index contributed by atoms with van der Waals surface area (Å²) >= 11 is 3.08. The van der Waals surface area contributed by atoms with E-state index in [4.69, 9.17) is 10.5 Å². The van der Waals surface area contributed by atoms with Gasteiger partial charge in [-0.3, -0.25) is 0 Å². The Morgan fingerprint density at radius 2 is 1.80 bits per heavy atom. The highest BCUT2D eigenvalue weighted by atomic mass is 79.9. The molecule has 2 aromatic rings. The third-order valence-corrected chi connectivity index (χ3v) is 3.35. The zero-order chi connectivity index (χ0) is 14.9. The number of rotatable bonds is 2. The first-order valence-corrected chi connectivity index (χ1v) is 6.47. The maximum absolute atomic E-state index is 12.5. The van der Waals surface area contributed by atoms with Crippen LogP contribution in [0.25, 0.3) is 0 Å². The molecule has 0 bridgehead atoms. The first-order chi connectivity index (χ1) is 9.27. The van der Waals surface area contributed by atoms with E-state index < -0.39 is 11.7 Å². The summed E-state index contributed by atoms with van der Waals surface area (Å²) in [6.07, 6.45) is -4.38. The summed E-state index contributed by atoms with van der Waals surface area (Å²) in [7, 11) is 0. The van der Waals surface area contributed by atoms with Crippen LogP contribution in [0, 0.1) is 6.92 Å². The Kier molecular flexibility index (Phi) is 3.94. The average Bonchev–Trinajstić information content (AvgIpc) is 2.35. The van der Waals surface area contributed by atoms with E-state index in [0.29, 0.717) is 17.2 Å². The minimum Gasteiger partial charge on any atom is -0.456 e. The number of benzene rings is 2. The van der Waals surface area contributed by atoms with Crippen molar-refractivity contribution in [1.82, 2.24) is 0 Å². The summed E-state index contributed by atoms with van der Waals surface area (Å²) in [5.74, 6) is 0.819. The summed E-state index contributed by atoms with van der Waals surface area (Å²) < 4.78 is 43.4. The Morgan fingerprint density at radius 1 is 1.10 bits per heavy atom. The van der Waals surface area contributed by atoms with Gasteiger partial charge in [-0.05, 0) is 64.8 Å². The Balaban J connectivity index is 2.28. The SMILES string of the molecule is Cc1cc(Oc2ccc(C(F)(F)F)cc2Br)ccc1N. The van der Waals surface area contributed by atoms with E-state index in [0.717, 1.165) is 17.7 Å². The number of hydrogen-bond acceptors (Lipinski definition) is 2. The minimum atomic E-state index is -4.38. The van der Waals surface area contributed by atoms with Gasteiger partial charge in [-0.25, -0.2) is 0 Å². The van der Waals surface area contributed by atoms with Crippen LogP contribution in [0.3, 0.4) is 0 Å². The number of aryl methyl sites for hydroxylation is 1. The predicted molar refractivity (Wildman–Crippen MR) is 74.8 cm³/mol. The van der Waals surface area contributed by atoms with Gasteiger partial charge in [0.25, 0.3) is 0 Å². The molecule has 2 aromatic carbocycles. The lowest BCUT2D eigenvalue weighted by Crippen LogP contribution is -2.04. The molecular formula is C14H11BrF3NO. The van der Waals surface area contributed by atoms with Crippen LogP contribution in [-0.2, 0) is 6.18 Å². The topological polar surface area (TPSA) is 35.2 Å². The fourth-order valence-electron chi connectivity index (χ4n) is 1.60. The molecule has 0 atom stereocenters. The second-order valence-corrected chi connectivity index (χ2v) is 5.12. The molecule has 0 saturated heterocycles. The van der Waals surface area contributed by atoms with Gasteiger partial charge in [0.15, 0.2) is 0 Å². The molecule has 0 aliphatic rings. The lowest BCUT2D eigenvalue weighted by Gasteiger charge is -2.12. The van der Waals surface area contributed by atoms with Crippen molar-refractivity contribution in [2.24, 2.45) is 0 Å². The fraction of sp³-hybridized carbons (Fsp3) is 0.143. The molecule has 0 aliphatic heterocycles. The van der Waals surface area contributed by atoms with Gasteiger partial charge in [-0.2, -0.15) is 13.2 Å². The summed E-state index contributed by atoms with van der Waals surface area (Å²) in [6.45, 7) is 1.82. The predicted octanol–water partition coefficient (Wildman–Crippen LogP) is 5.15. The highest BCUT2D eigenvalue weighted by Crippen LogP contribution is 2.36. The van der Waals surface area contributed by atoms with Crippen molar-refractivity contribution in [3.05, 3.63) is 52.0 Å². The number of nitrogens with two attached hydrogens (primary N) is 1. The van der Waals surface area contributed by atoms with Gasteiger partial charge in [0.05, 0.1) is 10.0 Å². The van der Waals surface area contributed by atoms with Crippen LogP contribution < -0.4 is 10.5 Å². The molecule has 2 rings (SSSR count). The molecule has 0 heterocycles. The molecule has 0 saturated carbocycles. The number of nitrogen functional groups attached to an aromatic ring is 1. The van der Waals surface area contributed by atoms with E-state index in [1.807, 2.05) is 6.92 Å². The molecule has 0 spiro atoms. The van der Waals surface area contributed by atoms with Crippen molar-refractivity contribution in [3.63, 3.8) is 0 Å². The van der Waals surface area contributed by atoms with Gasteiger partial charge in [0.2, 0.25) is 0 Å². The smallest absolute Gasteiger partial charge is 0.416 e. The first kappa shape index (κ1) is 14.7. The molecule has 6 heteroatoms.